The number of carbonyl (C=O) groups is 1. The SMILES string of the molecule is CCNC(=NCC(=O)N1CCCC1)NCCOCc1ccccc1OC.I. The fraction of sp³-hybridized carbons (Fsp3) is 0.579. The molecule has 1 aliphatic rings. The quantitative estimate of drug-likeness (QED) is 0.240. The Bertz CT molecular complexity index is 592. The summed E-state index contributed by atoms with van der Waals surface area (Å²) in [5.41, 5.74) is 1.02. The fourth-order valence-corrected chi connectivity index (χ4v) is 2.80. The highest BCUT2D eigenvalue weighted by Crippen LogP contribution is 2.17. The maximum Gasteiger partial charge on any atom is 0.244 e. The van der Waals surface area contributed by atoms with Crippen LogP contribution in [-0.4, -0.2) is 63.2 Å². The third-order valence-electron chi connectivity index (χ3n) is 4.16. The molecular formula is C19H31IN4O3. The van der Waals surface area contributed by atoms with Crippen molar-refractivity contribution < 1.29 is 14.3 Å². The molecule has 8 heteroatoms. The van der Waals surface area contributed by atoms with Crippen LogP contribution >= 0.6 is 24.0 Å². The van der Waals surface area contributed by atoms with Crippen molar-refractivity contribution in [1.29, 1.82) is 0 Å². The molecule has 0 saturated carbocycles. The monoisotopic (exact) mass is 490 g/mol. The predicted molar refractivity (Wildman–Crippen MR) is 118 cm³/mol. The second-order valence-corrected chi connectivity index (χ2v) is 6.07. The van der Waals surface area contributed by atoms with Gasteiger partial charge in [-0.2, -0.15) is 0 Å². The Hall–Kier alpha value is -1.55. The van der Waals surface area contributed by atoms with Gasteiger partial charge in [0.05, 0.1) is 20.3 Å². The molecule has 1 saturated heterocycles. The average Bonchev–Trinajstić information content (AvgIpc) is 3.20. The van der Waals surface area contributed by atoms with Crippen LogP contribution in [-0.2, 0) is 16.1 Å². The number of halogens is 1. The van der Waals surface area contributed by atoms with Crippen LogP contribution in [0.1, 0.15) is 25.3 Å². The first-order chi connectivity index (χ1) is 12.7. The molecule has 1 aromatic rings. The summed E-state index contributed by atoms with van der Waals surface area (Å²) in [6.07, 6.45) is 2.19. The number of rotatable bonds is 9. The number of ether oxygens (including phenoxy) is 2. The van der Waals surface area contributed by atoms with Crippen LogP contribution in [0.2, 0.25) is 0 Å². The van der Waals surface area contributed by atoms with Crippen molar-refractivity contribution in [2.45, 2.75) is 26.4 Å². The Balaban J connectivity index is 0.00000364. The number of aliphatic imine (C=N–C) groups is 1. The van der Waals surface area contributed by atoms with Crippen molar-refractivity contribution in [3.8, 4) is 5.75 Å². The maximum absolute atomic E-state index is 12.1. The molecule has 2 rings (SSSR count). The lowest BCUT2D eigenvalue weighted by molar-refractivity contribution is -0.128. The number of nitrogens with zero attached hydrogens (tertiary/aromatic N) is 2. The van der Waals surface area contributed by atoms with Crippen molar-refractivity contribution in [2.24, 2.45) is 4.99 Å². The number of hydrogen-bond acceptors (Lipinski definition) is 4. The minimum Gasteiger partial charge on any atom is -0.496 e. The minimum absolute atomic E-state index is 0. The molecule has 0 radical (unpaired) electrons. The van der Waals surface area contributed by atoms with E-state index in [9.17, 15) is 4.79 Å². The molecule has 0 bridgehead atoms. The molecule has 0 aromatic heterocycles. The largest absolute Gasteiger partial charge is 0.496 e. The van der Waals surface area contributed by atoms with Gasteiger partial charge in [-0.15, -0.1) is 24.0 Å². The molecule has 0 aliphatic carbocycles. The Labute approximate surface area is 178 Å². The van der Waals surface area contributed by atoms with Crippen LogP contribution in [0.25, 0.3) is 0 Å². The molecule has 1 amide bonds. The lowest BCUT2D eigenvalue weighted by atomic mass is 10.2. The third kappa shape index (κ3) is 8.34. The highest BCUT2D eigenvalue weighted by Gasteiger charge is 2.17. The Morgan fingerprint density at radius 1 is 1.22 bits per heavy atom. The second-order valence-electron chi connectivity index (χ2n) is 6.07. The van der Waals surface area contributed by atoms with Gasteiger partial charge in [0.15, 0.2) is 5.96 Å². The van der Waals surface area contributed by atoms with E-state index in [1.54, 1.807) is 7.11 Å². The Kier molecular flexibility index (Phi) is 11.8. The number of methoxy groups -OCH3 is 1. The highest BCUT2D eigenvalue weighted by molar-refractivity contribution is 14.0. The molecule has 2 N–H and O–H groups in total. The predicted octanol–water partition coefficient (Wildman–Crippen LogP) is 2.01. The summed E-state index contributed by atoms with van der Waals surface area (Å²) in [7, 11) is 1.66. The van der Waals surface area contributed by atoms with Gasteiger partial charge in [-0.25, -0.2) is 4.99 Å². The van der Waals surface area contributed by atoms with Crippen LogP contribution in [0.15, 0.2) is 29.3 Å². The van der Waals surface area contributed by atoms with E-state index >= 15 is 0 Å². The highest BCUT2D eigenvalue weighted by atomic mass is 127. The molecule has 27 heavy (non-hydrogen) atoms. The van der Waals surface area contributed by atoms with E-state index in [1.807, 2.05) is 36.1 Å². The average molecular weight is 490 g/mol. The number of para-hydroxylation sites is 1. The third-order valence-corrected chi connectivity index (χ3v) is 4.16. The van der Waals surface area contributed by atoms with Gasteiger partial charge in [0.25, 0.3) is 0 Å². The zero-order valence-corrected chi connectivity index (χ0v) is 18.5. The smallest absolute Gasteiger partial charge is 0.244 e. The second kappa shape index (κ2) is 13.6. The first kappa shape index (κ1) is 23.5. The number of amides is 1. The summed E-state index contributed by atoms with van der Waals surface area (Å²) in [5.74, 6) is 1.56. The van der Waals surface area contributed by atoms with Crippen molar-refractivity contribution in [3.05, 3.63) is 29.8 Å². The van der Waals surface area contributed by atoms with Crippen molar-refractivity contribution in [2.75, 3.05) is 46.4 Å². The Morgan fingerprint density at radius 2 is 1.96 bits per heavy atom. The molecule has 0 atom stereocenters. The summed E-state index contributed by atoms with van der Waals surface area (Å²) in [6, 6.07) is 7.81. The van der Waals surface area contributed by atoms with Crippen LogP contribution in [0, 0.1) is 0 Å². The number of guanidine groups is 1. The Morgan fingerprint density at radius 3 is 2.67 bits per heavy atom. The molecule has 1 aromatic carbocycles. The number of hydrogen-bond donors (Lipinski definition) is 2. The van der Waals surface area contributed by atoms with E-state index in [2.05, 4.69) is 15.6 Å². The van der Waals surface area contributed by atoms with Gasteiger partial charge in [-0.1, -0.05) is 18.2 Å². The fourth-order valence-electron chi connectivity index (χ4n) is 2.80. The molecule has 1 heterocycles. The number of benzene rings is 1. The first-order valence-corrected chi connectivity index (χ1v) is 9.24. The van der Waals surface area contributed by atoms with Crippen LogP contribution in [0.4, 0.5) is 0 Å². The molecule has 152 valence electrons. The minimum atomic E-state index is 0. The topological polar surface area (TPSA) is 75.2 Å². The summed E-state index contributed by atoms with van der Waals surface area (Å²) in [5, 5.41) is 6.34. The van der Waals surface area contributed by atoms with Gasteiger partial charge in [0.2, 0.25) is 5.91 Å². The van der Waals surface area contributed by atoms with E-state index < -0.39 is 0 Å². The summed E-state index contributed by atoms with van der Waals surface area (Å²) in [6.45, 7) is 6.26. The molecule has 0 unspecified atom stereocenters. The van der Waals surface area contributed by atoms with Crippen molar-refractivity contribution in [1.82, 2.24) is 15.5 Å². The molecule has 1 fully saturated rings. The number of carbonyl (C=O) groups excluding carboxylic acids is 1. The molecule has 1 aliphatic heterocycles. The molecule has 0 spiro atoms. The van der Waals surface area contributed by atoms with Crippen molar-refractivity contribution in [3.63, 3.8) is 0 Å². The van der Waals surface area contributed by atoms with Crippen molar-refractivity contribution >= 4 is 35.8 Å². The maximum atomic E-state index is 12.1. The van der Waals surface area contributed by atoms with Crippen LogP contribution in [0.3, 0.4) is 0 Å². The van der Waals surface area contributed by atoms with Gasteiger partial charge in [-0.05, 0) is 25.8 Å². The summed E-state index contributed by atoms with van der Waals surface area (Å²) >= 11 is 0. The van der Waals surface area contributed by atoms with E-state index in [0.29, 0.717) is 25.7 Å². The van der Waals surface area contributed by atoms with Gasteiger partial charge in [0, 0.05) is 31.7 Å². The lowest BCUT2D eigenvalue weighted by Crippen LogP contribution is -2.40. The van der Waals surface area contributed by atoms with Gasteiger partial charge >= 0.3 is 0 Å². The number of likely N-dealkylation sites (tertiary alicyclic amines) is 1. The molecular weight excluding hydrogens is 459 g/mol. The lowest BCUT2D eigenvalue weighted by Gasteiger charge is -2.15. The van der Waals surface area contributed by atoms with E-state index in [1.165, 1.54) is 0 Å². The van der Waals surface area contributed by atoms with Gasteiger partial charge < -0.3 is 25.0 Å². The van der Waals surface area contributed by atoms with Gasteiger partial charge in [0.1, 0.15) is 12.3 Å². The summed E-state index contributed by atoms with van der Waals surface area (Å²) in [4.78, 5) is 18.3. The molecule has 7 nitrogen and oxygen atoms in total. The first-order valence-electron chi connectivity index (χ1n) is 9.24. The van der Waals surface area contributed by atoms with Gasteiger partial charge in [-0.3, -0.25) is 4.79 Å². The van der Waals surface area contributed by atoms with E-state index in [0.717, 1.165) is 43.8 Å². The van der Waals surface area contributed by atoms with E-state index in [4.69, 9.17) is 9.47 Å². The normalized spacial score (nSPS) is 13.9. The van der Waals surface area contributed by atoms with E-state index in [-0.39, 0.29) is 36.4 Å². The number of nitrogens with one attached hydrogen (secondary N) is 2. The zero-order valence-electron chi connectivity index (χ0n) is 16.2. The summed E-state index contributed by atoms with van der Waals surface area (Å²) < 4.78 is 11.0. The standard InChI is InChI=1S/C19H30N4O3.HI/c1-3-20-19(22-14-18(24)23-11-6-7-12-23)21-10-13-26-15-16-8-4-5-9-17(16)25-2;/h4-5,8-9H,3,6-7,10-15H2,1-2H3,(H2,20,21,22);1H. The zero-order chi connectivity index (χ0) is 18.6. The van der Waals surface area contributed by atoms with Crippen LogP contribution < -0.4 is 15.4 Å². The van der Waals surface area contributed by atoms with Crippen LogP contribution in [0.5, 0.6) is 5.75 Å².